The molecule has 10 heteroatoms. The average molecular weight is 483 g/mol. The van der Waals surface area contributed by atoms with Crippen LogP contribution in [-0.2, 0) is 6.42 Å². The van der Waals surface area contributed by atoms with Crippen LogP contribution >= 0.6 is 11.6 Å². The van der Waals surface area contributed by atoms with Gasteiger partial charge in [0.2, 0.25) is 5.95 Å². The van der Waals surface area contributed by atoms with Crippen molar-refractivity contribution in [1.82, 2.24) is 19.5 Å². The van der Waals surface area contributed by atoms with Crippen molar-refractivity contribution in [2.24, 2.45) is 0 Å². The van der Waals surface area contributed by atoms with E-state index < -0.39 is 11.6 Å². The molecular formula is C24H21ClF2N6O. The summed E-state index contributed by atoms with van der Waals surface area (Å²) in [6.07, 6.45) is 4.77. The SMILES string of the molecule is CNc1nc(Nc2ccc(-n3cnc(Cl)c3)c(OC)c2)nc2c1CC[C@H]2c1ccc(F)c(F)c1. The lowest BCUT2D eigenvalue weighted by molar-refractivity contribution is 0.413. The molecule has 2 heterocycles. The molecule has 5 rings (SSSR count). The highest BCUT2D eigenvalue weighted by Gasteiger charge is 2.30. The molecule has 2 N–H and O–H groups in total. The van der Waals surface area contributed by atoms with Crippen molar-refractivity contribution < 1.29 is 13.5 Å². The Morgan fingerprint density at radius 1 is 1.12 bits per heavy atom. The molecule has 0 aliphatic heterocycles. The van der Waals surface area contributed by atoms with Crippen LogP contribution in [0, 0.1) is 11.6 Å². The van der Waals surface area contributed by atoms with E-state index in [0.717, 1.165) is 41.5 Å². The molecule has 2 aromatic carbocycles. The normalized spacial score (nSPS) is 14.7. The summed E-state index contributed by atoms with van der Waals surface area (Å²) in [4.78, 5) is 13.4. The standard InChI is InChI=1S/C24H21ClF2N6O/c1-28-23-16-6-5-15(13-3-7-17(26)18(27)9-13)22(16)31-24(32-23)30-14-4-8-19(20(10-14)34-2)33-11-21(25)29-12-33/h3-4,7-12,15H,5-6H2,1-2H3,(H2,28,30,31,32)/t15-/m0/s1. The van der Waals surface area contributed by atoms with E-state index in [-0.39, 0.29) is 5.92 Å². The lowest BCUT2D eigenvalue weighted by Crippen LogP contribution is -2.08. The van der Waals surface area contributed by atoms with Crippen LogP contribution < -0.4 is 15.4 Å². The van der Waals surface area contributed by atoms with Crippen LogP contribution in [0.15, 0.2) is 48.9 Å². The minimum atomic E-state index is -0.863. The molecule has 1 atom stereocenters. The van der Waals surface area contributed by atoms with Gasteiger partial charge in [-0.05, 0) is 42.7 Å². The summed E-state index contributed by atoms with van der Waals surface area (Å²) in [5.41, 5.74) is 3.96. The Morgan fingerprint density at radius 2 is 1.97 bits per heavy atom. The third-order valence-corrected chi connectivity index (χ3v) is 6.10. The van der Waals surface area contributed by atoms with Gasteiger partial charge in [-0.1, -0.05) is 17.7 Å². The topological polar surface area (TPSA) is 76.9 Å². The van der Waals surface area contributed by atoms with Crippen LogP contribution in [0.1, 0.15) is 29.2 Å². The molecule has 174 valence electrons. The van der Waals surface area contributed by atoms with Crippen molar-refractivity contribution in [3.8, 4) is 11.4 Å². The van der Waals surface area contributed by atoms with E-state index >= 15 is 0 Å². The smallest absolute Gasteiger partial charge is 0.229 e. The third kappa shape index (κ3) is 4.03. The largest absolute Gasteiger partial charge is 0.494 e. The summed E-state index contributed by atoms with van der Waals surface area (Å²) < 4.78 is 34.7. The summed E-state index contributed by atoms with van der Waals surface area (Å²) in [6, 6.07) is 9.58. The van der Waals surface area contributed by atoms with Crippen LogP contribution in [0.5, 0.6) is 5.75 Å². The van der Waals surface area contributed by atoms with Crippen LogP contribution in [0.4, 0.5) is 26.2 Å². The highest BCUT2D eigenvalue weighted by Crippen LogP contribution is 2.40. The van der Waals surface area contributed by atoms with Crippen molar-refractivity contribution in [3.63, 3.8) is 0 Å². The van der Waals surface area contributed by atoms with Crippen molar-refractivity contribution in [2.45, 2.75) is 18.8 Å². The van der Waals surface area contributed by atoms with Crippen molar-refractivity contribution in [2.75, 3.05) is 24.8 Å². The number of imidazole rings is 1. The molecule has 4 aromatic rings. The van der Waals surface area contributed by atoms with E-state index in [2.05, 4.69) is 20.6 Å². The zero-order valence-corrected chi connectivity index (χ0v) is 19.2. The molecular weight excluding hydrogens is 462 g/mol. The second-order valence-electron chi connectivity index (χ2n) is 7.89. The Bertz CT molecular complexity index is 1380. The molecule has 0 fully saturated rings. The summed E-state index contributed by atoms with van der Waals surface area (Å²) in [7, 11) is 3.38. The number of nitrogens with one attached hydrogen (secondary N) is 2. The number of hydrogen-bond donors (Lipinski definition) is 2. The van der Waals surface area contributed by atoms with Crippen molar-refractivity contribution in [1.29, 1.82) is 0 Å². The van der Waals surface area contributed by atoms with Crippen molar-refractivity contribution >= 4 is 29.1 Å². The van der Waals surface area contributed by atoms with E-state index in [1.165, 1.54) is 6.07 Å². The Morgan fingerprint density at radius 3 is 2.68 bits per heavy atom. The molecule has 0 saturated heterocycles. The Balaban J connectivity index is 1.49. The van der Waals surface area contributed by atoms with E-state index in [9.17, 15) is 8.78 Å². The summed E-state index contributed by atoms with van der Waals surface area (Å²) >= 11 is 5.94. The van der Waals surface area contributed by atoms with Gasteiger partial charge in [-0.3, -0.25) is 0 Å². The maximum Gasteiger partial charge on any atom is 0.229 e. The van der Waals surface area contributed by atoms with E-state index in [4.69, 9.17) is 21.3 Å². The van der Waals surface area contributed by atoms with Gasteiger partial charge in [0.15, 0.2) is 11.6 Å². The number of hydrogen-bond acceptors (Lipinski definition) is 6. The molecule has 0 amide bonds. The molecule has 7 nitrogen and oxygen atoms in total. The second kappa shape index (κ2) is 8.90. The number of nitrogens with zero attached hydrogens (tertiary/aromatic N) is 4. The van der Waals surface area contributed by atoms with Crippen LogP contribution in [0.25, 0.3) is 5.69 Å². The van der Waals surface area contributed by atoms with Crippen LogP contribution in [-0.4, -0.2) is 33.7 Å². The molecule has 1 aliphatic carbocycles. The van der Waals surface area contributed by atoms with Gasteiger partial charge in [0.05, 0.1) is 18.5 Å². The highest BCUT2D eigenvalue weighted by molar-refractivity contribution is 6.29. The van der Waals surface area contributed by atoms with Gasteiger partial charge in [0.25, 0.3) is 0 Å². The molecule has 0 bridgehead atoms. The predicted octanol–water partition coefficient (Wildman–Crippen LogP) is 5.47. The molecule has 2 aromatic heterocycles. The minimum absolute atomic E-state index is 0.149. The van der Waals surface area contributed by atoms with Gasteiger partial charge in [-0.15, -0.1) is 0 Å². The molecule has 34 heavy (non-hydrogen) atoms. The monoisotopic (exact) mass is 482 g/mol. The fourth-order valence-corrected chi connectivity index (χ4v) is 4.45. The minimum Gasteiger partial charge on any atom is -0.494 e. The first-order valence-electron chi connectivity index (χ1n) is 10.6. The zero-order valence-electron chi connectivity index (χ0n) is 18.4. The lowest BCUT2D eigenvalue weighted by Gasteiger charge is -2.16. The maximum atomic E-state index is 13.9. The quantitative estimate of drug-likeness (QED) is 0.380. The molecule has 0 saturated carbocycles. The van der Waals surface area contributed by atoms with Gasteiger partial charge in [-0.2, -0.15) is 4.98 Å². The fraction of sp³-hybridized carbons (Fsp3) is 0.208. The Kier molecular flexibility index (Phi) is 5.79. The highest BCUT2D eigenvalue weighted by atomic mass is 35.5. The van der Waals surface area contributed by atoms with E-state index in [1.807, 2.05) is 18.2 Å². The van der Waals surface area contributed by atoms with E-state index in [0.29, 0.717) is 28.2 Å². The summed E-state index contributed by atoms with van der Waals surface area (Å²) in [5.74, 6) is -0.179. The van der Waals surface area contributed by atoms with Crippen molar-refractivity contribution in [3.05, 3.63) is 82.5 Å². The first-order chi connectivity index (χ1) is 16.5. The number of methoxy groups -OCH3 is 1. The first-order valence-corrected chi connectivity index (χ1v) is 11.0. The van der Waals surface area contributed by atoms with Gasteiger partial charge in [0, 0.05) is 36.5 Å². The number of anilines is 3. The number of halogens is 3. The fourth-order valence-electron chi connectivity index (χ4n) is 4.31. The maximum absolute atomic E-state index is 13.9. The van der Waals surface area contributed by atoms with E-state index in [1.54, 1.807) is 37.3 Å². The second-order valence-corrected chi connectivity index (χ2v) is 8.28. The summed E-state index contributed by atoms with van der Waals surface area (Å²) in [6.45, 7) is 0. The van der Waals surface area contributed by atoms with Crippen LogP contribution in [0.2, 0.25) is 5.15 Å². The van der Waals surface area contributed by atoms with Gasteiger partial charge >= 0.3 is 0 Å². The molecule has 0 radical (unpaired) electrons. The predicted molar refractivity (Wildman–Crippen MR) is 127 cm³/mol. The Hall–Kier alpha value is -3.72. The molecule has 0 unspecified atom stereocenters. The number of benzene rings is 2. The van der Waals surface area contributed by atoms with Gasteiger partial charge in [-0.25, -0.2) is 18.7 Å². The van der Waals surface area contributed by atoms with Crippen LogP contribution in [0.3, 0.4) is 0 Å². The average Bonchev–Trinajstić information content (AvgIpc) is 3.46. The molecule has 1 aliphatic rings. The van der Waals surface area contributed by atoms with Gasteiger partial charge in [0.1, 0.15) is 23.0 Å². The summed E-state index contributed by atoms with van der Waals surface area (Å²) in [5, 5.41) is 6.74. The lowest BCUT2D eigenvalue weighted by atomic mass is 9.96. The zero-order chi connectivity index (χ0) is 23.8. The number of aromatic nitrogens is 4. The van der Waals surface area contributed by atoms with Gasteiger partial charge < -0.3 is 19.9 Å². The third-order valence-electron chi connectivity index (χ3n) is 5.90. The molecule has 0 spiro atoms. The number of fused-ring (bicyclic) bond motifs is 1. The Labute approximate surface area is 199 Å². The number of rotatable bonds is 6. The number of ether oxygens (including phenoxy) is 1. The first kappa shape index (κ1) is 22.1.